The van der Waals surface area contributed by atoms with E-state index in [4.69, 9.17) is 0 Å². The summed E-state index contributed by atoms with van der Waals surface area (Å²) >= 11 is 0. The second-order valence-corrected chi connectivity index (χ2v) is 16.3. The number of sulfonamides is 2. The number of rotatable bonds is 12. The standard InChI is InChI=1S/C20H20N4O6S.C20H20N4O5S.Cr.Na/c1-3-21-31(28,29)13-8-10-16(25)15(11-13)23-24-19-17(26)9-7-12-5-4-6-14(18(12)19)22-20(27)30-2;1-3-21-30(28,29)14-8-10-17(26)16(11-14)23-24-20-18(27)9-7-13-5-4-6-15(19(13)20)22-12(2)25;;/h4-11,21,23,25H,3H2,1-2H3,(H,22,27);4-11,21,23,26H,3H2,1-2H3,(H,22,25);;/q;;;+1/b24-19+;24-20+;;. The molecule has 6 rings (SSSR count). The maximum atomic E-state index is 12.5. The van der Waals surface area contributed by atoms with E-state index in [1.54, 1.807) is 62.4 Å². The van der Waals surface area contributed by atoms with Gasteiger partial charge in [-0.1, -0.05) is 50.3 Å². The summed E-state index contributed by atoms with van der Waals surface area (Å²) < 4.78 is 58.2. The number of ether oxygens (including phenoxy) is 1. The number of nitrogens with zero attached hydrogens (tertiary/aromatic N) is 2. The summed E-state index contributed by atoms with van der Waals surface area (Å²) in [6.07, 6.45) is 5.13. The number of benzene rings is 4. The van der Waals surface area contributed by atoms with E-state index in [0.29, 0.717) is 33.6 Å². The monoisotopic (exact) mass is 947 g/mol. The fourth-order valence-electron chi connectivity index (χ4n) is 5.79. The van der Waals surface area contributed by atoms with Crippen molar-refractivity contribution in [3.8, 4) is 11.5 Å². The van der Waals surface area contributed by atoms with Crippen molar-refractivity contribution in [2.45, 2.75) is 30.6 Å². The summed E-state index contributed by atoms with van der Waals surface area (Å²) in [4.78, 5) is 48.0. The maximum Gasteiger partial charge on any atom is 1.00 e. The summed E-state index contributed by atoms with van der Waals surface area (Å²) in [6, 6.07) is 17.5. The van der Waals surface area contributed by atoms with Crippen molar-refractivity contribution in [2.24, 2.45) is 10.2 Å². The van der Waals surface area contributed by atoms with E-state index in [-0.39, 0.29) is 110 Å². The summed E-state index contributed by atoms with van der Waals surface area (Å²) in [5, 5.41) is 33.6. The first kappa shape index (κ1) is 51.7. The zero-order chi connectivity index (χ0) is 44.5. The molecule has 4 aromatic rings. The number of ketones is 2. The number of carbonyl (C=O) groups excluding carboxylic acids is 4. The third-order valence-electron chi connectivity index (χ3n) is 8.50. The number of carbonyl (C=O) groups is 4. The molecule has 0 saturated heterocycles. The number of phenols is 2. The molecule has 0 aromatic heterocycles. The predicted octanol–water partition coefficient (Wildman–Crippen LogP) is 1.34. The molecular weight excluding hydrogens is 908 g/mol. The average Bonchev–Trinajstić information content (AvgIpc) is 3.21. The van der Waals surface area contributed by atoms with Gasteiger partial charge < -0.3 is 20.3 Å². The molecule has 0 radical (unpaired) electrons. The van der Waals surface area contributed by atoms with Gasteiger partial charge in [0.2, 0.25) is 37.5 Å². The van der Waals surface area contributed by atoms with Gasteiger partial charge in [0.15, 0.2) is 0 Å². The van der Waals surface area contributed by atoms with Crippen LogP contribution in [0.1, 0.15) is 43.0 Å². The molecular formula is C40H40CrN8NaO11S2+. The van der Waals surface area contributed by atoms with Gasteiger partial charge in [-0.05, 0) is 71.8 Å². The predicted molar refractivity (Wildman–Crippen MR) is 230 cm³/mol. The molecule has 63 heavy (non-hydrogen) atoms. The van der Waals surface area contributed by atoms with Crippen LogP contribution in [0.3, 0.4) is 0 Å². The number of nitrogens with one attached hydrogen (secondary N) is 6. The van der Waals surface area contributed by atoms with Crippen molar-refractivity contribution in [3.05, 3.63) is 107 Å². The molecule has 0 unspecified atom stereocenters. The Morgan fingerprint density at radius 2 is 1.05 bits per heavy atom. The van der Waals surface area contributed by atoms with Crippen LogP contribution in [0.25, 0.3) is 12.2 Å². The number of allylic oxidation sites excluding steroid dienone is 2. The molecule has 324 valence electrons. The van der Waals surface area contributed by atoms with E-state index in [1.165, 1.54) is 62.6 Å². The average molecular weight is 948 g/mol. The van der Waals surface area contributed by atoms with Gasteiger partial charge in [-0.15, -0.1) is 0 Å². The van der Waals surface area contributed by atoms with Gasteiger partial charge in [0.25, 0.3) is 0 Å². The topological polar surface area (TPSA) is 283 Å². The number of fused-ring (bicyclic) bond motifs is 2. The van der Waals surface area contributed by atoms with Gasteiger partial charge in [0, 0.05) is 48.5 Å². The zero-order valence-corrected chi connectivity index (χ0v) is 39.2. The van der Waals surface area contributed by atoms with Gasteiger partial charge in [0.1, 0.15) is 22.9 Å². The maximum absolute atomic E-state index is 12.5. The van der Waals surface area contributed by atoms with Crippen LogP contribution in [0.4, 0.5) is 27.5 Å². The number of hydrogen-bond donors (Lipinski definition) is 8. The minimum Gasteiger partial charge on any atom is -0.506 e. The van der Waals surface area contributed by atoms with Crippen LogP contribution in [0.15, 0.2) is 105 Å². The normalized spacial score (nSPS) is 13.9. The Morgan fingerprint density at radius 3 is 1.43 bits per heavy atom. The largest absolute Gasteiger partial charge is 1.00 e. The van der Waals surface area contributed by atoms with E-state index in [1.807, 2.05) is 0 Å². The third-order valence-corrected chi connectivity index (χ3v) is 11.6. The molecule has 0 fully saturated rings. The quantitative estimate of drug-likeness (QED) is 0.0567. The van der Waals surface area contributed by atoms with Gasteiger partial charge in [-0.25, -0.2) is 31.1 Å². The molecule has 2 amide bonds. The molecule has 0 saturated carbocycles. The first-order valence-corrected chi connectivity index (χ1v) is 21.1. The van der Waals surface area contributed by atoms with Crippen molar-refractivity contribution >= 4 is 89.9 Å². The Hall–Kier alpha value is -5.67. The van der Waals surface area contributed by atoms with Crippen molar-refractivity contribution in [2.75, 3.05) is 41.7 Å². The van der Waals surface area contributed by atoms with Crippen LogP contribution >= 0.6 is 0 Å². The number of aromatic hydroxyl groups is 2. The second kappa shape index (κ2) is 22.6. The Labute approximate surface area is 395 Å². The first-order valence-electron chi connectivity index (χ1n) is 18.2. The van der Waals surface area contributed by atoms with E-state index >= 15 is 0 Å². The molecule has 19 nitrogen and oxygen atoms in total. The number of phenolic OH excluding ortho intramolecular Hbond substituents is 2. The number of hydrazone groups is 2. The first-order chi connectivity index (χ1) is 29.0. The van der Waals surface area contributed by atoms with Crippen molar-refractivity contribution in [1.29, 1.82) is 0 Å². The molecule has 0 atom stereocenters. The van der Waals surface area contributed by atoms with Gasteiger partial charge in [0.05, 0.1) is 39.7 Å². The van der Waals surface area contributed by atoms with Gasteiger partial charge >= 0.3 is 35.7 Å². The molecule has 0 bridgehead atoms. The summed E-state index contributed by atoms with van der Waals surface area (Å²) in [6.45, 7) is 5.04. The molecule has 0 heterocycles. The molecule has 2 aliphatic rings. The molecule has 8 N–H and O–H groups in total. The second-order valence-electron chi connectivity index (χ2n) is 12.7. The fraction of sp³-hybridized carbons (Fsp3) is 0.150. The van der Waals surface area contributed by atoms with Gasteiger partial charge in [-0.2, -0.15) is 10.2 Å². The summed E-state index contributed by atoms with van der Waals surface area (Å²) in [7, 11) is -6.30. The minimum atomic E-state index is -3.76. The van der Waals surface area contributed by atoms with E-state index < -0.39 is 37.7 Å². The molecule has 2 aliphatic carbocycles. The van der Waals surface area contributed by atoms with Gasteiger partial charge in [-0.3, -0.25) is 30.6 Å². The van der Waals surface area contributed by atoms with Crippen LogP contribution in [-0.2, 0) is 56.5 Å². The van der Waals surface area contributed by atoms with E-state index in [0.717, 1.165) is 0 Å². The smallest absolute Gasteiger partial charge is 0.506 e. The van der Waals surface area contributed by atoms with E-state index in [2.05, 4.69) is 45.9 Å². The van der Waals surface area contributed by atoms with Crippen LogP contribution in [-0.4, -0.2) is 82.2 Å². The SMILES string of the molecule is CCNS(=O)(=O)c1ccc(O)c(N/N=C2\C(=O)C=Cc3cccc(NC(=O)OC)c32)c1.CCNS(=O)(=O)c1ccc(O)c(N/N=C2\C(=O)C=Cc3cccc(NC(C)=O)c32)c1.[Cr].[Na+]. The summed E-state index contributed by atoms with van der Waals surface area (Å²) in [5.41, 5.74) is 7.85. The fourth-order valence-corrected chi connectivity index (χ4v) is 7.92. The zero-order valence-electron chi connectivity index (χ0n) is 34.3. The Kier molecular flexibility index (Phi) is 18.6. The van der Waals surface area contributed by atoms with Crippen molar-refractivity contribution in [3.63, 3.8) is 0 Å². The van der Waals surface area contributed by atoms with Crippen molar-refractivity contribution in [1.82, 2.24) is 9.44 Å². The number of amides is 2. The molecule has 0 spiro atoms. The van der Waals surface area contributed by atoms with E-state index in [9.17, 15) is 46.2 Å². The Balaban J connectivity index is 0.000000325. The number of anilines is 4. The summed E-state index contributed by atoms with van der Waals surface area (Å²) in [5.74, 6) is -1.68. The molecule has 4 aromatic carbocycles. The van der Waals surface area contributed by atoms with Crippen molar-refractivity contribution < 1.29 is 97.9 Å². The van der Waals surface area contributed by atoms with Crippen LogP contribution in [0.5, 0.6) is 11.5 Å². The molecule has 23 heteroatoms. The Bertz CT molecular complexity index is 2780. The minimum absolute atomic E-state index is 0. The number of hydrogen-bond acceptors (Lipinski definition) is 15. The third kappa shape index (κ3) is 12.7. The Morgan fingerprint density at radius 1 is 0.635 bits per heavy atom. The van der Waals surface area contributed by atoms with Crippen LogP contribution in [0.2, 0.25) is 0 Å². The van der Waals surface area contributed by atoms with Crippen LogP contribution < -0.4 is 60.5 Å². The van der Waals surface area contributed by atoms with Crippen LogP contribution in [0, 0.1) is 0 Å². The molecule has 0 aliphatic heterocycles. The number of methoxy groups -OCH3 is 1.